The fourth-order valence-corrected chi connectivity index (χ4v) is 2.64. The number of hydrogen-bond donors (Lipinski definition) is 1. The topological polar surface area (TPSA) is 59.8 Å². The van der Waals surface area contributed by atoms with E-state index >= 15 is 0 Å². The van der Waals surface area contributed by atoms with E-state index in [2.05, 4.69) is 15.3 Å². The Kier molecular flexibility index (Phi) is 5.18. The summed E-state index contributed by atoms with van der Waals surface area (Å²) in [6, 6.07) is 7.55. The van der Waals surface area contributed by atoms with Gasteiger partial charge in [-0.15, -0.1) is 0 Å². The van der Waals surface area contributed by atoms with Crippen LogP contribution >= 0.6 is 11.6 Å². The Morgan fingerprint density at radius 3 is 2.63 bits per heavy atom. The van der Waals surface area contributed by atoms with Crippen molar-refractivity contribution < 1.29 is 18.0 Å². The van der Waals surface area contributed by atoms with Gasteiger partial charge in [-0.05, 0) is 36.8 Å². The van der Waals surface area contributed by atoms with Crippen LogP contribution in [-0.2, 0) is 12.7 Å². The number of halogens is 4. The highest BCUT2D eigenvalue weighted by Crippen LogP contribution is 2.32. The largest absolute Gasteiger partial charge is 0.417 e. The Balaban J connectivity index is 1.81. The quantitative estimate of drug-likeness (QED) is 0.722. The molecule has 0 saturated carbocycles. The molecule has 5 nitrogen and oxygen atoms in total. The number of aromatic nitrogens is 3. The number of nitrogens with one attached hydrogen (secondary N) is 1. The van der Waals surface area contributed by atoms with Gasteiger partial charge in [0.15, 0.2) is 5.82 Å². The Morgan fingerprint density at radius 1 is 1.22 bits per heavy atom. The monoisotopic (exact) mass is 394 g/mol. The van der Waals surface area contributed by atoms with Crippen molar-refractivity contribution in [2.75, 3.05) is 0 Å². The van der Waals surface area contributed by atoms with Crippen LogP contribution in [0, 0.1) is 6.92 Å². The molecule has 3 rings (SSSR count). The van der Waals surface area contributed by atoms with Gasteiger partial charge in [-0.1, -0.05) is 17.7 Å². The first-order valence-electron chi connectivity index (χ1n) is 7.86. The molecule has 1 N–H and O–H groups in total. The van der Waals surface area contributed by atoms with Gasteiger partial charge >= 0.3 is 6.18 Å². The van der Waals surface area contributed by atoms with E-state index in [1.807, 2.05) is 13.0 Å². The second-order valence-corrected chi connectivity index (χ2v) is 6.21. The molecule has 3 aromatic heterocycles. The van der Waals surface area contributed by atoms with Gasteiger partial charge < -0.3 is 5.32 Å². The Hall–Kier alpha value is -2.87. The first-order valence-corrected chi connectivity index (χ1v) is 8.23. The van der Waals surface area contributed by atoms with Crippen LogP contribution in [0.2, 0.25) is 5.02 Å². The summed E-state index contributed by atoms with van der Waals surface area (Å²) in [7, 11) is 0. The van der Waals surface area contributed by atoms with E-state index in [-0.39, 0.29) is 23.1 Å². The molecule has 3 heterocycles. The highest BCUT2D eigenvalue weighted by atomic mass is 35.5. The third-order valence-electron chi connectivity index (χ3n) is 3.76. The number of carbonyl (C=O) groups is 1. The van der Waals surface area contributed by atoms with Crippen LogP contribution in [0.4, 0.5) is 13.2 Å². The standard InChI is InChI=1S/C18H14ClF3N4O/c1-11-4-5-13(23-8-11)10-25-17(27)15-3-2-6-26(15)16-14(19)7-12(9-24-16)18(20,21)22/h2-9H,10H2,1H3,(H,25,27). The lowest BCUT2D eigenvalue weighted by molar-refractivity contribution is -0.137. The summed E-state index contributed by atoms with van der Waals surface area (Å²) in [4.78, 5) is 20.4. The predicted octanol–water partition coefficient (Wildman–Crippen LogP) is 4.18. The molecule has 0 spiro atoms. The van der Waals surface area contributed by atoms with Gasteiger partial charge in [0.2, 0.25) is 0 Å². The number of nitrogens with zero attached hydrogens (tertiary/aromatic N) is 3. The molecular weight excluding hydrogens is 381 g/mol. The zero-order valence-electron chi connectivity index (χ0n) is 14.1. The van der Waals surface area contributed by atoms with Gasteiger partial charge in [0.1, 0.15) is 5.69 Å². The Morgan fingerprint density at radius 2 is 2.00 bits per heavy atom. The van der Waals surface area contributed by atoms with Crippen molar-refractivity contribution in [3.8, 4) is 5.82 Å². The van der Waals surface area contributed by atoms with Gasteiger partial charge in [-0.3, -0.25) is 14.3 Å². The van der Waals surface area contributed by atoms with E-state index in [0.717, 1.165) is 11.6 Å². The lowest BCUT2D eigenvalue weighted by atomic mass is 10.2. The van der Waals surface area contributed by atoms with Crippen molar-refractivity contribution in [3.05, 3.63) is 76.5 Å². The molecule has 0 aliphatic rings. The number of aryl methyl sites for hydroxylation is 1. The van der Waals surface area contributed by atoms with Gasteiger partial charge in [-0.25, -0.2) is 4.98 Å². The molecule has 3 aromatic rings. The minimum atomic E-state index is -4.55. The molecule has 1 amide bonds. The Labute approximate surface area is 157 Å². The maximum Gasteiger partial charge on any atom is 0.417 e. The average Bonchev–Trinajstić information content (AvgIpc) is 3.09. The van der Waals surface area contributed by atoms with Crippen LogP contribution in [0.25, 0.3) is 5.82 Å². The molecule has 0 aliphatic carbocycles. The second kappa shape index (κ2) is 7.40. The predicted molar refractivity (Wildman–Crippen MR) is 93.7 cm³/mol. The fraction of sp³-hybridized carbons (Fsp3) is 0.167. The highest BCUT2D eigenvalue weighted by Gasteiger charge is 2.32. The number of alkyl halides is 3. The highest BCUT2D eigenvalue weighted by molar-refractivity contribution is 6.32. The maximum atomic E-state index is 12.8. The van der Waals surface area contributed by atoms with E-state index in [9.17, 15) is 18.0 Å². The van der Waals surface area contributed by atoms with Crippen LogP contribution in [0.15, 0.2) is 48.9 Å². The number of rotatable bonds is 4. The molecule has 27 heavy (non-hydrogen) atoms. The van der Waals surface area contributed by atoms with E-state index in [0.29, 0.717) is 11.9 Å². The molecule has 0 fully saturated rings. The van der Waals surface area contributed by atoms with Crippen molar-refractivity contribution >= 4 is 17.5 Å². The third kappa shape index (κ3) is 4.28. The number of hydrogen-bond acceptors (Lipinski definition) is 3. The van der Waals surface area contributed by atoms with Crippen LogP contribution in [-0.4, -0.2) is 20.4 Å². The molecule has 140 valence electrons. The van der Waals surface area contributed by atoms with Crippen molar-refractivity contribution in [3.63, 3.8) is 0 Å². The summed E-state index contributed by atoms with van der Waals surface area (Å²) in [5.41, 5.74) is 0.913. The van der Waals surface area contributed by atoms with Crippen molar-refractivity contribution in [1.82, 2.24) is 19.9 Å². The Bertz CT molecular complexity index is 967. The summed E-state index contributed by atoms with van der Waals surface area (Å²) in [6.45, 7) is 2.11. The zero-order chi connectivity index (χ0) is 19.6. The normalized spacial score (nSPS) is 11.4. The minimum Gasteiger partial charge on any atom is -0.345 e. The van der Waals surface area contributed by atoms with Crippen molar-refractivity contribution in [2.45, 2.75) is 19.6 Å². The van der Waals surface area contributed by atoms with Gasteiger partial charge in [0.05, 0.1) is 22.8 Å². The summed E-state index contributed by atoms with van der Waals surface area (Å²) < 4.78 is 39.6. The van der Waals surface area contributed by atoms with E-state index in [1.165, 1.54) is 16.8 Å². The molecule has 0 saturated heterocycles. The summed E-state index contributed by atoms with van der Waals surface area (Å²) in [5.74, 6) is -0.395. The van der Waals surface area contributed by atoms with Gasteiger partial charge in [0.25, 0.3) is 5.91 Å². The SMILES string of the molecule is Cc1ccc(CNC(=O)c2cccn2-c2ncc(C(F)(F)F)cc2Cl)nc1. The van der Waals surface area contributed by atoms with E-state index in [4.69, 9.17) is 11.6 Å². The van der Waals surface area contributed by atoms with Crippen LogP contribution in [0.3, 0.4) is 0 Å². The molecule has 0 unspecified atom stereocenters. The summed E-state index contributed by atoms with van der Waals surface area (Å²) in [5, 5.41) is 2.50. The first-order chi connectivity index (χ1) is 12.8. The molecular formula is C18H14ClF3N4O. The molecule has 0 radical (unpaired) electrons. The van der Waals surface area contributed by atoms with E-state index < -0.39 is 17.6 Å². The average molecular weight is 395 g/mol. The minimum absolute atomic E-state index is 0.0354. The first kappa shape index (κ1) is 18.9. The zero-order valence-corrected chi connectivity index (χ0v) is 14.8. The van der Waals surface area contributed by atoms with E-state index in [1.54, 1.807) is 18.3 Å². The molecule has 0 atom stereocenters. The number of pyridine rings is 2. The van der Waals surface area contributed by atoms with Crippen molar-refractivity contribution in [2.24, 2.45) is 0 Å². The second-order valence-electron chi connectivity index (χ2n) is 5.80. The summed E-state index contributed by atoms with van der Waals surface area (Å²) >= 11 is 5.97. The maximum absolute atomic E-state index is 12.8. The van der Waals surface area contributed by atoms with Gasteiger partial charge in [0, 0.05) is 18.6 Å². The third-order valence-corrected chi connectivity index (χ3v) is 4.04. The molecule has 0 aromatic carbocycles. The van der Waals surface area contributed by atoms with Crippen molar-refractivity contribution in [1.29, 1.82) is 0 Å². The lowest BCUT2D eigenvalue weighted by Gasteiger charge is -2.12. The molecule has 9 heteroatoms. The lowest BCUT2D eigenvalue weighted by Crippen LogP contribution is -2.25. The molecule has 0 bridgehead atoms. The molecule has 0 aliphatic heterocycles. The summed E-state index contributed by atoms with van der Waals surface area (Å²) in [6.07, 6.45) is -0.678. The van der Waals surface area contributed by atoms with Crippen LogP contribution in [0.5, 0.6) is 0 Å². The number of carbonyl (C=O) groups excluding carboxylic acids is 1. The smallest absolute Gasteiger partial charge is 0.345 e. The number of amides is 1. The van der Waals surface area contributed by atoms with Gasteiger partial charge in [-0.2, -0.15) is 13.2 Å². The van der Waals surface area contributed by atoms with Crippen LogP contribution in [0.1, 0.15) is 27.3 Å². The fourth-order valence-electron chi connectivity index (χ4n) is 2.38. The van der Waals surface area contributed by atoms with Crippen LogP contribution < -0.4 is 5.32 Å².